The van der Waals surface area contributed by atoms with Crippen molar-refractivity contribution in [2.45, 2.75) is 341 Å². The van der Waals surface area contributed by atoms with Crippen LogP contribution in [0.1, 0.15) is 328 Å². The normalized spacial score (nSPS) is 12.6. The lowest BCUT2D eigenvalue weighted by molar-refractivity contribution is -0.143. The molecule has 0 aromatic carbocycles. The summed E-state index contributed by atoms with van der Waals surface area (Å²) >= 11 is 0. The summed E-state index contributed by atoms with van der Waals surface area (Å²) in [5, 5.41) is 23.3. The fraction of sp³-hybridized carbons (Fsp3) is 0.932. The molecule has 0 aromatic rings. The standard InChI is InChI=1S/C59H115NO5/c1-3-5-7-9-11-13-15-16-17-18-19-20-21-22-23-24-25-26-27-28-32-35-39-43-47-51-57(62)56(55-61)60-58(63)52-48-44-40-36-33-29-30-34-38-42-46-50-54-65-59(64)53-49-45-41-37-31-14-12-10-8-6-4-2/h30,34,56-57,61-62H,3-29,31-33,35-55H2,1-2H3,(H,60,63)/b34-30-. The molecule has 0 saturated heterocycles. The molecule has 65 heavy (non-hydrogen) atoms. The average Bonchev–Trinajstić information content (AvgIpc) is 3.31. The molecule has 0 radical (unpaired) electrons. The summed E-state index contributed by atoms with van der Waals surface area (Å²) in [5.41, 5.74) is 0. The van der Waals surface area contributed by atoms with E-state index in [0.29, 0.717) is 25.9 Å². The van der Waals surface area contributed by atoms with E-state index < -0.39 is 12.1 Å². The van der Waals surface area contributed by atoms with Gasteiger partial charge in [0.05, 0.1) is 25.4 Å². The van der Waals surface area contributed by atoms with Crippen molar-refractivity contribution < 1.29 is 24.5 Å². The van der Waals surface area contributed by atoms with Crippen LogP contribution in [0.5, 0.6) is 0 Å². The van der Waals surface area contributed by atoms with Crippen LogP contribution in [0.3, 0.4) is 0 Å². The first-order valence-electron chi connectivity index (χ1n) is 29.4. The van der Waals surface area contributed by atoms with Gasteiger partial charge in [-0.1, -0.05) is 270 Å². The van der Waals surface area contributed by atoms with Crippen LogP contribution in [-0.2, 0) is 14.3 Å². The summed E-state index contributed by atoms with van der Waals surface area (Å²) < 4.78 is 5.43. The summed E-state index contributed by atoms with van der Waals surface area (Å²) in [6.45, 7) is 4.91. The van der Waals surface area contributed by atoms with Crippen LogP contribution in [0, 0.1) is 0 Å². The molecule has 0 spiro atoms. The quantitative estimate of drug-likeness (QED) is 0.0321. The third-order valence-electron chi connectivity index (χ3n) is 13.8. The number of carbonyl (C=O) groups excluding carboxylic acids is 2. The largest absolute Gasteiger partial charge is 0.466 e. The molecule has 0 rings (SSSR count). The zero-order valence-corrected chi connectivity index (χ0v) is 44.0. The molecule has 2 unspecified atom stereocenters. The molecule has 386 valence electrons. The van der Waals surface area contributed by atoms with Gasteiger partial charge in [-0.15, -0.1) is 0 Å². The van der Waals surface area contributed by atoms with Crippen LogP contribution in [0.2, 0.25) is 0 Å². The van der Waals surface area contributed by atoms with Crippen LogP contribution in [-0.4, -0.2) is 47.4 Å². The number of nitrogens with one attached hydrogen (secondary N) is 1. The molecule has 0 heterocycles. The first-order valence-corrected chi connectivity index (χ1v) is 29.4. The lowest BCUT2D eigenvalue weighted by atomic mass is 10.0. The number of amides is 1. The molecule has 0 aromatic heterocycles. The summed E-state index contributed by atoms with van der Waals surface area (Å²) in [5.74, 6) is -0.0788. The van der Waals surface area contributed by atoms with E-state index >= 15 is 0 Å². The summed E-state index contributed by atoms with van der Waals surface area (Å²) in [6, 6.07) is -0.560. The molecule has 0 bridgehead atoms. The number of rotatable bonds is 55. The Labute approximate surface area is 406 Å². The van der Waals surface area contributed by atoms with E-state index in [2.05, 4.69) is 31.3 Å². The number of hydrogen-bond donors (Lipinski definition) is 3. The van der Waals surface area contributed by atoms with Gasteiger partial charge in [-0.05, 0) is 57.8 Å². The number of aliphatic hydroxyl groups is 2. The number of allylic oxidation sites excluding steroid dienone is 2. The molecule has 6 nitrogen and oxygen atoms in total. The van der Waals surface area contributed by atoms with E-state index in [9.17, 15) is 19.8 Å². The van der Waals surface area contributed by atoms with Gasteiger partial charge in [0.15, 0.2) is 0 Å². The molecule has 0 aliphatic carbocycles. The Bertz CT molecular complexity index is 970. The maximum atomic E-state index is 12.5. The second-order valence-electron chi connectivity index (χ2n) is 20.3. The molecule has 0 aliphatic rings. The minimum Gasteiger partial charge on any atom is -0.466 e. The van der Waals surface area contributed by atoms with Crippen molar-refractivity contribution in [2.24, 2.45) is 0 Å². The number of aliphatic hydroxyl groups excluding tert-OH is 2. The molecular weight excluding hydrogens is 803 g/mol. The maximum Gasteiger partial charge on any atom is 0.305 e. The molecule has 0 saturated carbocycles. The minimum absolute atomic E-state index is 0.0219. The van der Waals surface area contributed by atoms with Crippen molar-refractivity contribution >= 4 is 11.9 Å². The van der Waals surface area contributed by atoms with Gasteiger partial charge in [-0.25, -0.2) is 0 Å². The van der Waals surface area contributed by atoms with Gasteiger partial charge < -0.3 is 20.3 Å². The van der Waals surface area contributed by atoms with Crippen molar-refractivity contribution in [1.29, 1.82) is 0 Å². The van der Waals surface area contributed by atoms with Crippen LogP contribution < -0.4 is 5.32 Å². The fourth-order valence-corrected chi connectivity index (χ4v) is 9.28. The van der Waals surface area contributed by atoms with Crippen molar-refractivity contribution in [3.63, 3.8) is 0 Å². The predicted molar refractivity (Wildman–Crippen MR) is 283 cm³/mol. The Kier molecular flexibility index (Phi) is 54.0. The minimum atomic E-state index is -0.681. The monoisotopic (exact) mass is 918 g/mol. The van der Waals surface area contributed by atoms with E-state index in [-0.39, 0.29) is 18.5 Å². The number of esters is 1. The van der Waals surface area contributed by atoms with E-state index in [1.54, 1.807) is 0 Å². The van der Waals surface area contributed by atoms with Gasteiger partial charge in [0.25, 0.3) is 0 Å². The Balaban J connectivity index is 3.47. The van der Waals surface area contributed by atoms with E-state index in [0.717, 1.165) is 77.0 Å². The highest BCUT2D eigenvalue weighted by Gasteiger charge is 2.20. The second-order valence-corrected chi connectivity index (χ2v) is 20.3. The van der Waals surface area contributed by atoms with Crippen LogP contribution >= 0.6 is 0 Å². The molecule has 0 fully saturated rings. The Morgan fingerprint density at radius 3 is 1.09 bits per heavy atom. The van der Waals surface area contributed by atoms with Crippen molar-refractivity contribution in [2.75, 3.05) is 13.2 Å². The lowest BCUT2D eigenvalue weighted by Crippen LogP contribution is -2.45. The topological polar surface area (TPSA) is 95.9 Å². The second kappa shape index (κ2) is 55.2. The SMILES string of the molecule is CCCCCCCCCCCCCCCCCCCCCCCCCCCC(O)C(CO)NC(=O)CCCCCCC/C=C\CCCCCOC(=O)CCCCCCCCCCCCC. The predicted octanol–water partition coefficient (Wildman–Crippen LogP) is 18.1. The van der Waals surface area contributed by atoms with E-state index in [4.69, 9.17) is 4.74 Å². The van der Waals surface area contributed by atoms with Crippen molar-refractivity contribution in [3.05, 3.63) is 12.2 Å². The van der Waals surface area contributed by atoms with Crippen molar-refractivity contribution in [3.8, 4) is 0 Å². The summed E-state index contributed by atoms with van der Waals surface area (Å²) in [4.78, 5) is 24.5. The maximum absolute atomic E-state index is 12.5. The highest BCUT2D eigenvalue weighted by molar-refractivity contribution is 5.76. The molecule has 1 amide bonds. The lowest BCUT2D eigenvalue weighted by Gasteiger charge is -2.22. The molecular formula is C59H115NO5. The van der Waals surface area contributed by atoms with Gasteiger partial charge in [0, 0.05) is 12.8 Å². The van der Waals surface area contributed by atoms with Gasteiger partial charge >= 0.3 is 5.97 Å². The highest BCUT2D eigenvalue weighted by Crippen LogP contribution is 2.18. The van der Waals surface area contributed by atoms with Crippen molar-refractivity contribution in [1.82, 2.24) is 5.32 Å². The smallest absolute Gasteiger partial charge is 0.305 e. The number of unbranched alkanes of at least 4 members (excludes halogenated alkanes) is 42. The molecule has 3 N–H and O–H groups in total. The number of hydrogen-bond acceptors (Lipinski definition) is 5. The van der Waals surface area contributed by atoms with E-state index in [1.807, 2.05) is 0 Å². The van der Waals surface area contributed by atoms with Crippen LogP contribution in [0.15, 0.2) is 12.2 Å². The average molecular weight is 919 g/mol. The Morgan fingerprint density at radius 2 is 0.723 bits per heavy atom. The fourth-order valence-electron chi connectivity index (χ4n) is 9.28. The first-order chi connectivity index (χ1) is 32.0. The first kappa shape index (κ1) is 63.6. The zero-order chi connectivity index (χ0) is 47.2. The molecule has 2 atom stereocenters. The van der Waals surface area contributed by atoms with E-state index in [1.165, 1.54) is 218 Å². The Morgan fingerprint density at radius 1 is 0.415 bits per heavy atom. The van der Waals surface area contributed by atoms with Gasteiger partial charge in [-0.2, -0.15) is 0 Å². The number of ether oxygens (including phenoxy) is 1. The zero-order valence-electron chi connectivity index (χ0n) is 44.0. The van der Waals surface area contributed by atoms with Crippen LogP contribution in [0.25, 0.3) is 0 Å². The summed E-state index contributed by atoms with van der Waals surface area (Å²) in [6.07, 6.45) is 65.0. The van der Waals surface area contributed by atoms with Gasteiger partial charge in [0.1, 0.15) is 0 Å². The molecule has 6 heteroatoms. The van der Waals surface area contributed by atoms with Crippen LogP contribution in [0.4, 0.5) is 0 Å². The third kappa shape index (κ3) is 51.8. The highest BCUT2D eigenvalue weighted by atomic mass is 16.5. The third-order valence-corrected chi connectivity index (χ3v) is 13.8. The number of carbonyl (C=O) groups is 2. The summed E-state index contributed by atoms with van der Waals surface area (Å²) in [7, 11) is 0. The Hall–Kier alpha value is -1.40. The van der Waals surface area contributed by atoms with Gasteiger partial charge in [-0.3, -0.25) is 9.59 Å². The van der Waals surface area contributed by atoms with Gasteiger partial charge in [0.2, 0.25) is 5.91 Å². The molecule has 0 aliphatic heterocycles.